The van der Waals surface area contributed by atoms with E-state index >= 15 is 0 Å². The summed E-state index contributed by atoms with van der Waals surface area (Å²) >= 11 is 0. The van der Waals surface area contributed by atoms with E-state index < -0.39 is 0 Å². The van der Waals surface area contributed by atoms with Crippen molar-refractivity contribution in [3.8, 4) is 0 Å². The van der Waals surface area contributed by atoms with Gasteiger partial charge in [0.25, 0.3) is 0 Å². The predicted octanol–water partition coefficient (Wildman–Crippen LogP) is 4.43. The molecule has 0 radical (unpaired) electrons. The summed E-state index contributed by atoms with van der Waals surface area (Å²) in [5.74, 6) is -0.223. The van der Waals surface area contributed by atoms with Gasteiger partial charge >= 0.3 is 6.03 Å². The van der Waals surface area contributed by atoms with Crippen LogP contribution in [-0.2, 0) is 29.1 Å². The third-order valence-electron chi connectivity index (χ3n) is 5.18. The van der Waals surface area contributed by atoms with Crippen molar-refractivity contribution in [2.24, 2.45) is 0 Å². The first-order chi connectivity index (χ1) is 15.2. The Balaban J connectivity index is 1.23. The molecule has 0 saturated carbocycles. The third-order valence-corrected chi connectivity index (χ3v) is 5.18. The number of hydrogen-bond acceptors (Lipinski definition) is 3. The predicted molar refractivity (Wildman–Crippen MR) is 121 cm³/mol. The van der Waals surface area contributed by atoms with E-state index in [2.05, 4.69) is 22.8 Å². The monoisotopic (exact) mass is 415 g/mol. The van der Waals surface area contributed by atoms with E-state index in [0.29, 0.717) is 31.1 Å². The second kappa shape index (κ2) is 9.91. The van der Waals surface area contributed by atoms with Gasteiger partial charge < -0.3 is 20.3 Å². The molecule has 0 saturated heterocycles. The zero-order valence-corrected chi connectivity index (χ0v) is 17.2. The van der Waals surface area contributed by atoms with Crippen LogP contribution in [0.2, 0.25) is 0 Å². The zero-order valence-electron chi connectivity index (χ0n) is 17.2. The van der Waals surface area contributed by atoms with Crippen molar-refractivity contribution in [2.75, 3.05) is 23.8 Å². The van der Waals surface area contributed by atoms with Gasteiger partial charge in [-0.3, -0.25) is 4.79 Å². The Hall–Kier alpha value is -3.64. The molecule has 0 aliphatic carbocycles. The van der Waals surface area contributed by atoms with Gasteiger partial charge in [0, 0.05) is 24.5 Å². The van der Waals surface area contributed by atoms with Crippen LogP contribution < -0.4 is 10.6 Å². The summed E-state index contributed by atoms with van der Waals surface area (Å²) in [7, 11) is 0. The Morgan fingerprint density at radius 2 is 1.45 bits per heavy atom. The molecule has 0 fully saturated rings. The summed E-state index contributed by atoms with van der Waals surface area (Å²) < 4.78 is 5.45. The van der Waals surface area contributed by atoms with Crippen LogP contribution in [0.4, 0.5) is 16.2 Å². The third kappa shape index (κ3) is 5.71. The maximum Gasteiger partial charge on any atom is 0.322 e. The van der Waals surface area contributed by atoms with Crippen LogP contribution in [0.1, 0.15) is 16.7 Å². The average molecular weight is 415 g/mol. The highest BCUT2D eigenvalue weighted by atomic mass is 16.5. The standard InChI is InChI=1S/C25H25N3O3/c29-24(18-31-17-19-6-2-1-3-7-19)26-22-10-12-23(13-11-22)27-25(30)28-15-14-20-8-4-5-9-21(20)16-28/h1-13H,14-18H2,(H,26,29)(H,27,30). The fourth-order valence-electron chi connectivity index (χ4n) is 3.54. The molecule has 1 heterocycles. The Kier molecular flexibility index (Phi) is 6.59. The van der Waals surface area contributed by atoms with Gasteiger partial charge in [0.1, 0.15) is 6.61 Å². The van der Waals surface area contributed by atoms with Crippen molar-refractivity contribution in [3.63, 3.8) is 0 Å². The summed E-state index contributed by atoms with van der Waals surface area (Å²) in [5.41, 5.74) is 4.85. The number of hydrogen-bond donors (Lipinski definition) is 2. The second-order valence-corrected chi connectivity index (χ2v) is 7.47. The molecular formula is C25H25N3O3. The Bertz CT molecular complexity index is 1040. The molecule has 3 amide bonds. The van der Waals surface area contributed by atoms with Gasteiger partial charge in [-0.2, -0.15) is 0 Å². The van der Waals surface area contributed by atoms with E-state index in [1.54, 1.807) is 24.3 Å². The van der Waals surface area contributed by atoms with Crippen molar-refractivity contribution < 1.29 is 14.3 Å². The van der Waals surface area contributed by atoms with Gasteiger partial charge in [0.15, 0.2) is 0 Å². The maximum absolute atomic E-state index is 12.6. The van der Waals surface area contributed by atoms with Crippen molar-refractivity contribution in [1.29, 1.82) is 0 Å². The smallest absolute Gasteiger partial charge is 0.322 e. The zero-order chi connectivity index (χ0) is 21.5. The fourth-order valence-corrected chi connectivity index (χ4v) is 3.54. The molecule has 1 aliphatic rings. The number of benzene rings is 3. The molecule has 4 rings (SSSR count). The van der Waals surface area contributed by atoms with Crippen LogP contribution in [-0.4, -0.2) is 30.0 Å². The van der Waals surface area contributed by atoms with Gasteiger partial charge in [-0.05, 0) is 47.4 Å². The molecule has 0 atom stereocenters. The van der Waals surface area contributed by atoms with Crippen molar-refractivity contribution in [3.05, 3.63) is 95.6 Å². The molecule has 3 aromatic rings. The Morgan fingerprint density at radius 3 is 2.19 bits per heavy atom. The number of amides is 3. The number of rotatable bonds is 6. The molecule has 1 aliphatic heterocycles. The van der Waals surface area contributed by atoms with Crippen molar-refractivity contribution in [2.45, 2.75) is 19.6 Å². The van der Waals surface area contributed by atoms with Gasteiger partial charge in [-0.25, -0.2) is 4.79 Å². The summed E-state index contributed by atoms with van der Waals surface area (Å²) in [4.78, 5) is 26.5. The van der Waals surface area contributed by atoms with Crippen LogP contribution in [0, 0.1) is 0 Å². The maximum atomic E-state index is 12.6. The lowest BCUT2D eigenvalue weighted by Gasteiger charge is -2.29. The Labute approximate surface area is 181 Å². The van der Waals surface area contributed by atoms with Gasteiger partial charge in [-0.1, -0.05) is 54.6 Å². The normalized spacial score (nSPS) is 12.7. The summed E-state index contributed by atoms with van der Waals surface area (Å²) in [6, 6.07) is 24.9. The van der Waals surface area contributed by atoms with Crippen molar-refractivity contribution >= 4 is 23.3 Å². The number of fused-ring (bicyclic) bond motifs is 1. The summed E-state index contributed by atoms with van der Waals surface area (Å²) in [6.45, 7) is 1.67. The molecule has 3 aromatic carbocycles. The number of anilines is 2. The molecule has 0 spiro atoms. The number of carbonyl (C=O) groups excluding carboxylic acids is 2. The minimum Gasteiger partial charge on any atom is -0.367 e. The Morgan fingerprint density at radius 1 is 0.806 bits per heavy atom. The lowest BCUT2D eigenvalue weighted by atomic mass is 10.0. The van der Waals surface area contributed by atoms with Crippen LogP contribution in [0.15, 0.2) is 78.9 Å². The second-order valence-electron chi connectivity index (χ2n) is 7.47. The quantitative estimate of drug-likeness (QED) is 0.626. The lowest BCUT2D eigenvalue weighted by Crippen LogP contribution is -2.38. The van der Waals surface area contributed by atoms with E-state index in [-0.39, 0.29) is 18.5 Å². The highest BCUT2D eigenvalue weighted by Gasteiger charge is 2.20. The molecule has 6 nitrogen and oxygen atoms in total. The van der Waals surface area contributed by atoms with E-state index in [1.807, 2.05) is 47.4 Å². The first kappa shape index (κ1) is 20.6. The van der Waals surface area contributed by atoms with E-state index in [1.165, 1.54) is 11.1 Å². The van der Waals surface area contributed by atoms with Crippen LogP contribution >= 0.6 is 0 Å². The number of nitrogens with zero attached hydrogens (tertiary/aromatic N) is 1. The van der Waals surface area contributed by atoms with E-state index in [4.69, 9.17) is 4.74 Å². The highest BCUT2D eigenvalue weighted by Crippen LogP contribution is 2.20. The SMILES string of the molecule is O=C(COCc1ccccc1)Nc1ccc(NC(=O)N2CCc3ccccc3C2)cc1. The number of urea groups is 1. The minimum atomic E-state index is -0.223. The number of nitrogens with one attached hydrogen (secondary N) is 2. The van der Waals surface area contributed by atoms with Crippen molar-refractivity contribution in [1.82, 2.24) is 4.90 Å². The van der Waals surface area contributed by atoms with E-state index in [0.717, 1.165) is 12.0 Å². The first-order valence-corrected chi connectivity index (χ1v) is 10.3. The van der Waals surface area contributed by atoms with Gasteiger partial charge in [-0.15, -0.1) is 0 Å². The van der Waals surface area contributed by atoms with Gasteiger partial charge in [0.05, 0.1) is 6.61 Å². The molecule has 0 unspecified atom stereocenters. The molecule has 6 heteroatoms. The minimum absolute atomic E-state index is 0.0240. The average Bonchev–Trinajstić information content (AvgIpc) is 2.80. The summed E-state index contributed by atoms with van der Waals surface area (Å²) in [5, 5.41) is 5.72. The number of carbonyl (C=O) groups is 2. The fraction of sp³-hybridized carbons (Fsp3) is 0.200. The molecule has 158 valence electrons. The van der Waals surface area contributed by atoms with Crippen LogP contribution in [0.5, 0.6) is 0 Å². The number of ether oxygens (including phenoxy) is 1. The topological polar surface area (TPSA) is 70.7 Å². The molecule has 0 bridgehead atoms. The largest absolute Gasteiger partial charge is 0.367 e. The lowest BCUT2D eigenvalue weighted by molar-refractivity contribution is -0.121. The highest BCUT2D eigenvalue weighted by molar-refractivity contribution is 5.93. The molecule has 2 N–H and O–H groups in total. The molecular weight excluding hydrogens is 390 g/mol. The van der Waals surface area contributed by atoms with E-state index in [9.17, 15) is 9.59 Å². The van der Waals surface area contributed by atoms with Crippen LogP contribution in [0.25, 0.3) is 0 Å². The first-order valence-electron chi connectivity index (χ1n) is 10.3. The summed E-state index contributed by atoms with van der Waals surface area (Å²) in [6.07, 6.45) is 0.862. The van der Waals surface area contributed by atoms with Crippen LogP contribution in [0.3, 0.4) is 0 Å². The van der Waals surface area contributed by atoms with Gasteiger partial charge in [0.2, 0.25) is 5.91 Å². The molecule has 0 aromatic heterocycles. The molecule has 31 heavy (non-hydrogen) atoms.